The van der Waals surface area contributed by atoms with Crippen LogP contribution in [0.25, 0.3) is 0 Å². The van der Waals surface area contributed by atoms with Crippen molar-refractivity contribution >= 4 is 11.6 Å². The Hall–Kier alpha value is -1.59. The quantitative estimate of drug-likeness (QED) is 0.726. The highest BCUT2D eigenvalue weighted by atomic mass is 19.4. The fraction of sp³-hybridized carbons (Fsp3) is 0.222. The molecule has 1 aromatic carbocycles. The van der Waals surface area contributed by atoms with Crippen LogP contribution in [0, 0.1) is 5.82 Å². The van der Waals surface area contributed by atoms with Crippen molar-refractivity contribution in [3.8, 4) is 0 Å². The van der Waals surface area contributed by atoms with E-state index in [-0.39, 0.29) is 0 Å². The molecule has 0 saturated heterocycles. The van der Waals surface area contributed by atoms with E-state index >= 15 is 0 Å². The van der Waals surface area contributed by atoms with Crippen molar-refractivity contribution in [3.05, 3.63) is 29.6 Å². The molecule has 0 aliphatic heterocycles. The Balaban J connectivity index is 3.17. The summed E-state index contributed by atoms with van der Waals surface area (Å²) in [5.74, 6) is -2.10. The van der Waals surface area contributed by atoms with E-state index in [4.69, 9.17) is 0 Å². The Kier molecular flexibility index (Phi) is 2.97. The summed E-state index contributed by atoms with van der Waals surface area (Å²) in [5, 5.41) is 1.97. The van der Waals surface area contributed by atoms with Gasteiger partial charge in [-0.3, -0.25) is 4.79 Å². The second kappa shape index (κ2) is 3.88. The summed E-state index contributed by atoms with van der Waals surface area (Å²) in [6, 6.07) is 2.70. The molecular formula is C9H7F4NO. The first kappa shape index (κ1) is 11.5. The third-order valence-electron chi connectivity index (χ3n) is 1.61. The molecule has 0 atom stereocenters. The molecule has 0 unspecified atom stereocenters. The molecule has 0 bridgehead atoms. The number of alkyl halides is 3. The van der Waals surface area contributed by atoms with E-state index in [1.807, 2.05) is 5.32 Å². The second-order valence-electron chi connectivity index (χ2n) is 2.85. The lowest BCUT2D eigenvalue weighted by Gasteiger charge is -2.10. The summed E-state index contributed by atoms with van der Waals surface area (Å²) >= 11 is 0. The second-order valence-corrected chi connectivity index (χ2v) is 2.85. The normalized spacial score (nSPS) is 11.3. The fourth-order valence-electron chi connectivity index (χ4n) is 1.04. The van der Waals surface area contributed by atoms with Gasteiger partial charge in [0.25, 0.3) is 0 Å². The van der Waals surface area contributed by atoms with Gasteiger partial charge < -0.3 is 5.32 Å². The number of nitrogens with one attached hydrogen (secondary N) is 1. The zero-order valence-electron chi connectivity index (χ0n) is 7.65. The number of benzene rings is 1. The molecule has 1 amide bonds. The average molecular weight is 221 g/mol. The van der Waals surface area contributed by atoms with Gasteiger partial charge in [0.15, 0.2) is 5.82 Å². The Bertz CT molecular complexity index is 386. The maximum absolute atomic E-state index is 13.2. The SMILES string of the molecule is CC(=O)Nc1cccc(C(F)(F)F)c1F. The van der Waals surface area contributed by atoms with Gasteiger partial charge in [0, 0.05) is 6.92 Å². The summed E-state index contributed by atoms with van der Waals surface area (Å²) in [6.07, 6.45) is -4.77. The van der Waals surface area contributed by atoms with Crippen LogP contribution in [0.4, 0.5) is 23.2 Å². The lowest BCUT2D eigenvalue weighted by Crippen LogP contribution is -2.13. The van der Waals surface area contributed by atoms with Gasteiger partial charge in [-0.05, 0) is 12.1 Å². The van der Waals surface area contributed by atoms with Crippen molar-refractivity contribution in [1.82, 2.24) is 0 Å². The van der Waals surface area contributed by atoms with Crippen LogP contribution in [0.1, 0.15) is 12.5 Å². The number of halogens is 4. The molecule has 15 heavy (non-hydrogen) atoms. The van der Waals surface area contributed by atoms with E-state index in [1.54, 1.807) is 0 Å². The first-order chi connectivity index (χ1) is 6.82. The molecule has 2 nitrogen and oxygen atoms in total. The van der Waals surface area contributed by atoms with Crippen LogP contribution in [0.5, 0.6) is 0 Å². The van der Waals surface area contributed by atoms with Crippen molar-refractivity contribution in [3.63, 3.8) is 0 Å². The summed E-state index contributed by atoms with van der Waals surface area (Å²) in [6.45, 7) is 1.08. The molecule has 0 radical (unpaired) electrons. The van der Waals surface area contributed by atoms with Crippen molar-refractivity contribution < 1.29 is 22.4 Å². The Labute approximate surface area is 82.9 Å². The van der Waals surface area contributed by atoms with Gasteiger partial charge in [-0.2, -0.15) is 13.2 Å². The lowest BCUT2D eigenvalue weighted by molar-refractivity contribution is -0.140. The predicted octanol–water partition coefficient (Wildman–Crippen LogP) is 2.80. The molecule has 82 valence electrons. The molecule has 0 saturated carbocycles. The molecule has 0 spiro atoms. The molecular weight excluding hydrogens is 214 g/mol. The van der Waals surface area contributed by atoms with Crippen molar-refractivity contribution in [1.29, 1.82) is 0 Å². The average Bonchev–Trinajstić information content (AvgIpc) is 2.05. The Morgan fingerprint density at radius 3 is 2.40 bits per heavy atom. The van der Waals surface area contributed by atoms with Gasteiger partial charge in [0.05, 0.1) is 11.3 Å². The maximum Gasteiger partial charge on any atom is 0.419 e. The van der Waals surface area contributed by atoms with E-state index in [1.165, 1.54) is 0 Å². The van der Waals surface area contributed by atoms with E-state index in [2.05, 4.69) is 0 Å². The van der Waals surface area contributed by atoms with E-state index < -0.39 is 29.2 Å². The zero-order valence-corrected chi connectivity index (χ0v) is 7.65. The summed E-state index contributed by atoms with van der Waals surface area (Å²) < 4.78 is 49.8. The van der Waals surface area contributed by atoms with E-state index in [0.29, 0.717) is 6.07 Å². The third-order valence-corrected chi connectivity index (χ3v) is 1.61. The summed E-state index contributed by atoms with van der Waals surface area (Å²) in [5.41, 5.74) is -1.87. The van der Waals surface area contributed by atoms with E-state index in [0.717, 1.165) is 19.1 Å². The van der Waals surface area contributed by atoms with Crippen LogP contribution in [-0.4, -0.2) is 5.91 Å². The summed E-state index contributed by atoms with van der Waals surface area (Å²) in [7, 11) is 0. The number of amides is 1. The minimum atomic E-state index is -4.77. The number of hydrogen-bond acceptors (Lipinski definition) is 1. The van der Waals surface area contributed by atoms with Crippen LogP contribution in [0.2, 0.25) is 0 Å². The Morgan fingerprint density at radius 2 is 1.93 bits per heavy atom. The zero-order chi connectivity index (χ0) is 11.6. The molecule has 0 aromatic heterocycles. The van der Waals surface area contributed by atoms with Gasteiger partial charge in [0.1, 0.15) is 0 Å². The number of carbonyl (C=O) groups is 1. The van der Waals surface area contributed by atoms with E-state index in [9.17, 15) is 22.4 Å². The van der Waals surface area contributed by atoms with Crippen LogP contribution < -0.4 is 5.32 Å². The van der Waals surface area contributed by atoms with Crippen LogP contribution in [-0.2, 0) is 11.0 Å². The van der Waals surface area contributed by atoms with Gasteiger partial charge in [0.2, 0.25) is 5.91 Å². The van der Waals surface area contributed by atoms with Crippen molar-refractivity contribution in [2.24, 2.45) is 0 Å². The largest absolute Gasteiger partial charge is 0.419 e. The number of anilines is 1. The molecule has 0 heterocycles. The molecule has 6 heteroatoms. The van der Waals surface area contributed by atoms with Crippen molar-refractivity contribution in [2.75, 3.05) is 5.32 Å². The predicted molar refractivity (Wildman–Crippen MR) is 45.7 cm³/mol. The highest BCUT2D eigenvalue weighted by Gasteiger charge is 2.34. The number of hydrogen-bond donors (Lipinski definition) is 1. The minimum Gasteiger partial charge on any atom is -0.324 e. The van der Waals surface area contributed by atoms with Crippen LogP contribution in [0.3, 0.4) is 0 Å². The van der Waals surface area contributed by atoms with Crippen LogP contribution >= 0.6 is 0 Å². The smallest absolute Gasteiger partial charge is 0.324 e. The molecule has 0 aliphatic carbocycles. The Morgan fingerprint density at radius 1 is 1.33 bits per heavy atom. The first-order valence-corrected chi connectivity index (χ1v) is 3.95. The molecule has 1 N–H and O–H groups in total. The van der Waals surface area contributed by atoms with Gasteiger partial charge in [-0.15, -0.1) is 0 Å². The monoisotopic (exact) mass is 221 g/mol. The number of carbonyl (C=O) groups excluding carboxylic acids is 1. The maximum atomic E-state index is 13.2. The van der Waals surface area contributed by atoms with Gasteiger partial charge >= 0.3 is 6.18 Å². The topological polar surface area (TPSA) is 29.1 Å². The van der Waals surface area contributed by atoms with Gasteiger partial charge in [-0.1, -0.05) is 6.07 Å². The standard InChI is InChI=1S/C9H7F4NO/c1-5(15)14-7-4-2-3-6(8(7)10)9(11,12)13/h2-4H,1H3,(H,14,15). The molecule has 0 aliphatic rings. The molecule has 1 rings (SSSR count). The highest BCUT2D eigenvalue weighted by Crippen LogP contribution is 2.33. The number of rotatable bonds is 1. The van der Waals surface area contributed by atoms with Crippen LogP contribution in [0.15, 0.2) is 18.2 Å². The first-order valence-electron chi connectivity index (χ1n) is 3.95. The lowest BCUT2D eigenvalue weighted by atomic mass is 10.1. The summed E-state index contributed by atoms with van der Waals surface area (Å²) in [4.78, 5) is 10.6. The third kappa shape index (κ3) is 2.68. The molecule has 0 fully saturated rings. The van der Waals surface area contributed by atoms with Gasteiger partial charge in [-0.25, -0.2) is 4.39 Å². The van der Waals surface area contributed by atoms with Crippen molar-refractivity contribution in [2.45, 2.75) is 13.1 Å². The minimum absolute atomic E-state index is 0.475. The highest BCUT2D eigenvalue weighted by molar-refractivity contribution is 5.88. The molecule has 1 aromatic rings. The fourth-order valence-corrected chi connectivity index (χ4v) is 1.04.